The van der Waals surface area contributed by atoms with Gasteiger partial charge in [-0.05, 0) is 26.0 Å². The van der Waals surface area contributed by atoms with Crippen molar-refractivity contribution in [2.75, 3.05) is 36.5 Å². The summed E-state index contributed by atoms with van der Waals surface area (Å²) in [6, 6.07) is 6.23. The summed E-state index contributed by atoms with van der Waals surface area (Å²) in [7, 11) is 0. The molecule has 1 aliphatic rings. The normalized spacial score (nSPS) is 17.0. The van der Waals surface area contributed by atoms with E-state index < -0.39 is 0 Å². The number of hydrogen-bond acceptors (Lipinski definition) is 6. The Kier molecular flexibility index (Phi) is 3.90. The number of rotatable bonds is 3. The molecule has 0 saturated carbocycles. The largest absolute Gasteiger partial charge is 0.378 e. The SMILES string of the molecule is Cc1ccc2nc(NC(C)N)nc(N3CCOCC3)c2c1. The van der Waals surface area contributed by atoms with Crippen LogP contribution in [0.15, 0.2) is 18.2 Å². The van der Waals surface area contributed by atoms with E-state index >= 15 is 0 Å². The molecule has 1 aromatic heterocycles. The molecular weight excluding hydrogens is 266 g/mol. The van der Waals surface area contributed by atoms with E-state index in [1.165, 1.54) is 5.56 Å². The van der Waals surface area contributed by atoms with Crippen molar-refractivity contribution < 1.29 is 4.74 Å². The number of nitrogens with two attached hydrogens (primary N) is 1. The second-order valence-corrected chi connectivity index (χ2v) is 5.42. The first kappa shape index (κ1) is 14.0. The van der Waals surface area contributed by atoms with Crippen LogP contribution in [0.25, 0.3) is 10.9 Å². The summed E-state index contributed by atoms with van der Waals surface area (Å²) in [6.45, 7) is 7.10. The number of morpholine rings is 1. The fourth-order valence-corrected chi connectivity index (χ4v) is 2.51. The van der Waals surface area contributed by atoms with Gasteiger partial charge in [-0.25, -0.2) is 4.98 Å². The summed E-state index contributed by atoms with van der Waals surface area (Å²) < 4.78 is 5.43. The predicted octanol–water partition coefficient (Wildman–Crippen LogP) is 1.49. The zero-order valence-electron chi connectivity index (χ0n) is 12.5. The number of nitrogens with one attached hydrogen (secondary N) is 1. The molecule has 6 nitrogen and oxygen atoms in total. The van der Waals surface area contributed by atoms with E-state index in [4.69, 9.17) is 10.5 Å². The molecule has 0 bridgehead atoms. The molecule has 2 heterocycles. The van der Waals surface area contributed by atoms with E-state index in [2.05, 4.69) is 39.2 Å². The second-order valence-electron chi connectivity index (χ2n) is 5.42. The lowest BCUT2D eigenvalue weighted by molar-refractivity contribution is 0.122. The first-order valence-corrected chi connectivity index (χ1v) is 7.27. The minimum atomic E-state index is -0.189. The molecule has 6 heteroatoms. The molecular formula is C15H21N5O. The Hall–Kier alpha value is -1.92. The Morgan fingerprint density at radius 3 is 2.76 bits per heavy atom. The Bertz CT molecular complexity index is 637. The topological polar surface area (TPSA) is 76.3 Å². The molecule has 3 rings (SSSR count). The van der Waals surface area contributed by atoms with E-state index in [1.54, 1.807) is 0 Å². The first-order chi connectivity index (χ1) is 10.1. The number of fused-ring (bicyclic) bond motifs is 1. The number of aryl methyl sites for hydroxylation is 1. The summed E-state index contributed by atoms with van der Waals surface area (Å²) >= 11 is 0. The third-order valence-electron chi connectivity index (χ3n) is 3.50. The number of nitrogens with zero attached hydrogens (tertiary/aromatic N) is 3. The fourth-order valence-electron chi connectivity index (χ4n) is 2.51. The zero-order chi connectivity index (χ0) is 14.8. The van der Waals surface area contributed by atoms with Gasteiger partial charge >= 0.3 is 0 Å². The molecule has 1 aromatic carbocycles. The molecule has 2 aromatic rings. The van der Waals surface area contributed by atoms with E-state index in [-0.39, 0.29) is 6.17 Å². The zero-order valence-corrected chi connectivity index (χ0v) is 12.5. The number of ether oxygens (including phenoxy) is 1. The van der Waals surface area contributed by atoms with Crippen LogP contribution in [0.3, 0.4) is 0 Å². The number of benzene rings is 1. The highest BCUT2D eigenvalue weighted by molar-refractivity contribution is 5.91. The molecule has 0 spiro atoms. The van der Waals surface area contributed by atoms with Crippen LogP contribution in [0, 0.1) is 6.92 Å². The molecule has 0 amide bonds. The van der Waals surface area contributed by atoms with Crippen molar-refractivity contribution in [3.63, 3.8) is 0 Å². The van der Waals surface area contributed by atoms with Crippen molar-refractivity contribution >= 4 is 22.7 Å². The summed E-state index contributed by atoms with van der Waals surface area (Å²) in [5.41, 5.74) is 7.93. The van der Waals surface area contributed by atoms with Gasteiger partial charge in [-0.15, -0.1) is 0 Å². The van der Waals surface area contributed by atoms with Crippen molar-refractivity contribution in [1.29, 1.82) is 0 Å². The van der Waals surface area contributed by atoms with Crippen LogP contribution < -0.4 is 16.0 Å². The first-order valence-electron chi connectivity index (χ1n) is 7.27. The molecule has 1 fully saturated rings. The van der Waals surface area contributed by atoms with E-state index in [0.717, 1.165) is 43.0 Å². The Balaban J connectivity index is 2.10. The molecule has 1 atom stereocenters. The maximum Gasteiger partial charge on any atom is 0.226 e. The molecule has 0 radical (unpaired) electrons. The van der Waals surface area contributed by atoms with Crippen LogP contribution in [0.1, 0.15) is 12.5 Å². The van der Waals surface area contributed by atoms with Crippen molar-refractivity contribution in [2.45, 2.75) is 20.0 Å². The van der Waals surface area contributed by atoms with Crippen LogP contribution in [-0.2, 0) is 4.74 Å². The lowest BCUT2D eigenvalue weighted by Crippen LogP contribution is -2.37. The van der Waals surface area contributed by atoms with Crippen LogP contribution >= 0.6 is 0 Å². The van der Waals surface area contributed by atoms with Gasteiger partial charge in [0.25, 0.3) is 0 Å². The third-order valence-corrected chi connectivity index (χ3v) is 3.50. The summed E-state index contributed by atoms with van der Waals surface area (Å²) in [5, 5.41) is 4.16. The Labute approximate surface area is 124 Å². The summed E-state index contributed by atoms with van der Waals surface area (Å²) in [5.74, 6) is 1.53. The molecule has 1 aliphatic heterocycles. The van der Waals surface area contributed by atoms with Gasteiger partial charge in [-0.2, -0.15) is 4.98 Å². The van der Waals surface area contributed by atoms with E-state index in [1.807, 2.05) is 13.0 Å². The van der Waals surface area contributed by atoms with Crippen molar-refractivity contribution in [2.24, 2.45) is 5.73 Å². The third kappa shape index (κ3) is 3.06. The van der Waals surface area contributed by atoms with Crippen molar-refractivity contribution in [1.82, 2.24) is 9.97 Å². The minimum absolute atomic E-state index is 0.189. The maximum atomic E-state index is 5.80. The Morgan fingerprint density at radius 1 is 1.29 bits per heavy atom. The number of aromatic nitrogens is 2. The standard InChI is InChI=1S/C15H21N5O/c1-10-3-4-13-12(9-10)14(20-5-7-21-8-6-20)19-15(18-13)17-11(2)16/h3-4,9,11H,5-8,16H2,1-2H3,(H,17,18,19). The van der Waals surface area contributed by atoms with Crippen molar-refractivity contribution in [3.05, 3.63) is 23.8 Å². The van der Waals surface area contributed by atoms with Crippen molar-refractivity contribution in [3.8, 4) is 0 Å². The second kappa shape index (κ2) is 5.83. The average Bonchev–Trinajstić information content (AvgIpc) is 2.47. The van der Waals surface area contributed by atoms with E-state index in [9.17, 15) is 0 Å². The van der Waals surface area contributed by atoms with Crippen LogP contribution in [0.4, 0.5) is 11.8 Å². The van der Waals surface area contributed by atoms with Gasteiger partial charge < -0.3 is 20.7 Å². The van der Waals surface area contributed by atoms with Crippen LogP contribution in [0.2, 0.25) is 0 Å². The quantitative estimate of drug-likeness (QED) is 0.833. The predicted molar refractivity (Wildman–Crippen MR) is 84.6 cm³/mol. The van der Waals surface area contributed by atoms with Crippen LogP contribution in [-0.4, -0.2) is 42.4 Å². The Morgan fingerprint density at radius 2 is 2.05 bits per heavy atom. The van der Waals surface area contributed by atoms with Gasteiger partial charge in [0.1, 0.15) is 5.82 Å². The van der Waals surface area contributed by atoms with Gasteiger partial charge in [0.15, 0.2) is 0 Å². The lowest BCUT2D eigenvalue weighted by atomic mass is 10.1. The van der Waals surface area contributed by atoms with E-state index in [0.29, 0.717) is 5.95 Å². The lowest BCUT2D eigenvalue weighted by Gasteiger charge is -2.29. The molecule has 0 aliphatic carbocycles. The minimum Gasteiger partial charge on any atom is -0.378 e. The number of hydrogen-bond donors (Lipinski definition) is 2. The molecule has 21 heavy (non-hydrogen) atoms. The smallest absolute Gasteiger partial charge is 0.226 e. The van der Waals surface area contributed by atoms with Crippen LogP contribution in [0.5, 0.6) is 0 Å². The maximum absolute atomic E-state index is 5.80. The van der Waals surface area contributed by atoms with Gasteiger partial charge in [0, 0.05) is 18.5 Å². The monoisotopic (exact) mass is 287 g/mol. The number of anilines is 2. The molecule has 112 valence electrons. The highest BCUT2D eigenvalue weighted by atomic mass is 16.5. The van der Waals surface area contributed by atoms with Gasteiger partial charge in [-0.3, -0.25) is 0 Å². The molecule has 1 unspecified atom stereocenters. The molecule has 3 N–H and O–H groups in total. The summed E-state index contributed by atoms with van der Waals surface area (Å²) in [6.07, 6.45) is -0.189. The van der Waals surface area contributed by atoms with Gasteiger partial charge in [-0.1, -0.05) is 11.6 Å². The fraction of sp³-hybridized carbons (Fsp3) is 0.467. The van der Waals surface area contributed by atoms with Gasteiger partial charge in [0.2, 0.25) is 5.95 Å². The molecule has 1 saturated heterocycles. The highest BCUT2D eigenvalue weighted by Gasteiger charge is 2.17. The average molecular weight is 287 g/mol. The highest BCUT2D eigenvalue weighted by Crippen LogP contribution is 2.27. The van der Waals surface area contributed by atoms with Gasteiger partial charge in [0.05, 0.1) is 24.9 Å². The summed E-state index contributed by atoms with van der Waals surface area (Å²) in [4.78, 5) is 11.5.